The molecule has 0 aliphatic carbocycles. The maximum Gasteiger partial charge on any atom is 0.345 e. The molecule has 0 amide bonds. The third-order valence-corrected chi connectivity index (χ3v) is 6.17. The van der Waals surface area contributed by atoms with Gasteiger partial charge in [0, 0.05) is 30.0 Å². The van der Waals surface area contributed by atoms with Crippen molar-refractivity contribution in [2.75, 3.05) is 11.9 Å². The molecule has 0 saturated carbocycles. The highest BCUT2D eigenvalue weighted by atomic mass is 32.2. The van der Waals surface area contributed by atoms with Gasteiger partial charge in [0.25, 0.3) is 5.82 Å². The van der Waals surface area contributed by atoms with Crippen LogP contribution in [0.1, 0.15) is 33.0 Å². The fourth-order valence-electron chi connectivity index (χ4n) is 3.23. The van der Waals surface area contributed by atoms with Crippen molar-refractivity contribution >= 4 is 34.3 Å². The Kier molecular flexibility index (Phi) is 6.82. The summed E-state index contributed by atoms with van der Waals surface area (Å²) in [5, 5.41) is 13.3. The molecule has 0 spiro atoms. The van der Waals surface area contributed by atoms with Crippen molar-refractivity contribution in [2.45, 2.75) is 49.8 Å². The van der Waals surface area contributed by atoms with Crippen molar-refractivity contribution in [3.8, 4) is 0 Å². The molecule has 0 unspecified atom stereocenters. The van der Waals surface area contributed by atoms with E-state index in [-0.39, 0.29) is 5.56 Å². The zero-order valence-electron chi connectivity index (χ0n) is 17.6. The lowest BCUT2D eigenvalue weighted by molar-refractivity contribution is -0.366. The molecule has 0 aliphatic heterocycles. The van der Waals surface area contributed by atoms with Gasteiger partial charge in [-0.15, -0.1) is 11.8 Å². The number of nitrogens with one attached hydrogen (secondary N) is 2. The molecule has 7 heteroatoms. The van der Waals surface area contributed by atoms with Crippen LogP contribution in [-0.2, 0) is 17.8 Å². The van der Waals surface area contributed by atoms with E-state index in [1.54, 1.807) is 13.8 Å². The Morgan fingerprint density at radius 2 is 1.87 bits per heavy atom. The predicted octanol–water partition coefficient (Wildman–Crippen LogP) is 3.84. The molecule has 3 N–H and O–H groups in total. The summed E-state index contributed by atoms with van der Waals surface area (Å²) in [6, 6.07) is 15.4. The number of carboxylic acid groups (broad SMARTS) is 1. The molecule has 3 aromatic rings. The van der Waals surface area contributed by atoms with Gasteiger partial charge in [-0.25, -0.2) is 9.78 Å². The van der Waals surface area contributed by atoms with Crippen LogP contribution in [0.5, 0.6) is 0 Å². The first-order valence-corrected chi connectivity index (χ1v) is 10.9. The van der Waals surface area contributed by atoms with Gasteiger partial charge in [0.2, 0.25) is 0 Å². The van der Waals surface area contributed by atoms with E-state index in [4.69, 9.17) is 0 Å². The number of thioether (sulfide) groups is 1. The minimum Gasteiger partial charge on any atom is -0.480 e. The molecule has 0 fully saturated rings. The van der Waals surface area contributed by atoms with Gasteiger partial charge in [-0.2, -0.15) is 4.57 Å². The van der Waals surface area contributed by atoms with E-state index in [0.717, 1.165) is 41.3 Å². The second kappa shape index (κ2) is 9.34. The molecule has 30 heavy (non-hydrogen) atoms. The molecule has 1 heterocycles. The summed E-state index contributed by atoms with van der Waals surface area (Å²) < 4.78 is 0.966. The number of anilines is 1. The van der Waals surface area contributed by atoms with Gasteiger partial charge >= 0.3 is 11.5 Å². The fraction of sp³-hybridized carbons (Fsp3) is 0.348. The van der Waals surface area contributed by atoms with E-state index >= 15 is 0 Å². The van der Waals surface area contributed by atoms with Crippen LogP contribution in [0.2, 0.25) is 0 Å². The minimum absolute atomic E-state index is 0.0450. The van der Waals surface area contributed by atoms with Crippen molar-refractivity contribution < 1.29 is 14.9 Å². The van der Waals surface area contributed by atoms with Gasteiger partial charge in [-0.1, -0.05) is 19.1 Å². The lowest BCUT2D eigenvalue weighted by Gasteiger charge is -2.18. The summed E-state index contributed by atoms with van der Waals surface area (Å²) in [5.74, 6) is 0.100. The molecule has 0 radical (unpaired) electrons. The SMILES string of the molecule is CCc1[nH+]c2ccccc2c(=O)n1CCCNc1ccc(SC(C)(C)C(=O)O)cc1. The first-order valence-electron chi connectivity index (χ1n) is 10.1. The van der Waals surface area contributed by atoms with Crippen molar-refractivity contribution in [2.24, 2.45) is 0 Å². The van der Waals surface area contributed by atoms with Crippen LogP contribution in [0.15, 0.2) is 58.2 Å². The maximum atomic E-state index is 12.9. The summed E-state index contributed by atoms with van der Waals surface area (Å²) in [5.41, 5.74) is 1.89. The average Bonchev–Trinajstić information content (AvgIpc) is 2.73. The molecule has 0 atom stereocenters. The van der Waals surface area contributed by atoms with Crippen molar-refractivity contribution in [3.63, 3.8) is 0 Å². The van der Waals surface area contributed by atoms with Crippen LogP contribution in [0, 0.1) is 0 Å². The molecule has 158 valence electrons. The predicted molar refractivity (Wildman–Crippen MR) is 121 cm³/mol. The van der Waals surface area contributed by atoms with Gasteiger partial charge in [0.05, 0.1) is 6.54 Å². The minimum atomic E-state index is -0.865. The number of aryl methyl sites for hydroxylation is 1. The van der Waals surface area contributed by atoms with E-state index in [1.807, 2.05) is 60.0 Å². The standard InChI is InChI=1S/C23H27N3O3S/c1-4-20-25-19-9-6-5-8-18(19)21(27)26(20)15-7-14-24-16-10-12-17(13-11-16)30-23(2,3)22(28)29/h5-6,8-13,24H,4,7,14-15H2,1-3H3,(H,28,29)/p+1. The number of H-pyrrole nitrogens is 1. The maximum absolute atomic E-state index is 12.9. The highest BCUT2D eigenvalue weighted by molar-refractivity contribution is 8.01. The van der Waals surface area contributed by atoms with Crippen molar-refractivity contribution in [1.29, 1.82) is 0 Å². The fourth-order valence-corrected chi connectivity index (χ4v) is 4.18. The number of carbonyl (C=O) groups is 1. The number of para-hydroxylation sites is 1. The molecule has 0 saturated heterocycles. The van der Waals surface area contributed by atoms with Gasteiger partial charge in [0.15, 0.2) is 0 Å². The summed E-state index contributed by atoms with van der Waals surface area (Å²) in [6.45, 7) is 6.80. The average molecular weight is 427 g/mol. The van der Waals surface area contributed by atoms with Crippen molar-refractivity contribution in [3.05, 3.63) is 64.7 Å². The number of aliphatic carboxylic acids is 1. The van der Waals surface area contributed by atoms with E-state index in [0.29, 0.717) is 11.9 Å². The number of hydrogen-bond donors (Lipinski definition) is 2. The largest absolute Gasteiger partial charge is 0.480 e. The van der Waals surface area contributed by atoms with Gasteiger partial charge in [-0.3, -0.25) is 4.79 Å². The number of carboxylic acids is 1. The number of fused-ring (bicyclic) bond motifs is 1. The van der Waals surface area contributed by atoms with Crippen molar-refractivity contribution in [1.82, 2.24) is 4.57 Å². The van der Waals surface area contributed by atoms with Gasteiger partial charge in [0.1, 0.15) is 15.6 Å². The van der Waals surface area contributed by atoms with Crippen LogP contribution < -0.4 is 15.9 Å². The number of nitrogens with zero attached hydrogens (tertiary/aromatic N) is 1. The van der Waals surface area contributed by atoms with Crippen LogP contribution in [0.3, 0.4) is 0 Å². The summed E-state index contributed by atoms with van der Waals surface area (Å²) in [6.07, 6.45) is 1.57. The Morgan fingerprint density at radius 1 is 1.17 bits per heavy atom. The normalized spacial score (nSPS) is 11.6. The first-order chi connectivity index (χ1) is 14.3. The van der Waals surface area contributed by atoms with E-state index < -0.39 is 10.7 Å². The van der Waals surface area contributed by atoms with E-state index in [1.165, 1.54) is 11.8 Å². The number of hydrogen-bond acceptors (Lipinski definition) is 4. The second-order valence-electron chi connectivity index (χ2n) is 7.65. The van der Waals surface area contributed by atoms with E-state index in [9.17, 15) is 14.7 Å². The second-order valence-corrected chi connectivity index (χ2v) is 9.35. The van der Waals surface area contributed by atoms with Crippen LogP contribution in [0.25, 0.3) is 10.9 Å². The molecule has 0 aliphatic rings. The Hall–Kier alpha value is -2.80. The number of rotatable bonds is 9. The molecular weight excluding hydrogens is 398 g/mol. The van der Waals surface area contributed by atoms with Crippen LogP contribution in [0.4, 0.5) is 5.69 Å². The molecule has 6 nitrogen and oxygen atoms in total. The lowest BCUT2D eigenvalue weighted by Crippen LogP contribution is -2.32. The number of benzene rings is 2. The molecule has 1 aromatic heterocycles. The third kappa shape index (κ3) is 5.02. The summed E-state index contributed by atoms with van der Waals surface area (Å²) in [4.78, 5) is 28.4. The van der Waals surface area contributed by atoms with E-state index in [2.05, 4.69) is 10.3 Å². The summed E-state index contributed by atoms with van der Waals surface area (Å²) >= 11 is 1.33. The number of aromatic amines is 1. The Labute approximate surface area is 180 Å². The Bertz CT molecular complexity index is 1090. The third-order valence-electron chi connectivity index (χ3n) is 4.97. The van der Waals surface area contributed by atoms with Crippen LogP contribution >= 0.6 is 11.8 Å². The molecule has 3 rings (SSSR count). The van der Waals surface area contributed by atoms with Crippen LogP contribution in [-0.4, -0.2) is 26.9 Å². The summed E-state index contributed by atoms with van der Waals surface area (Å²) in [7, 11) is 0. The highest BCUT2D eigenvalue weighted by Gasteiger charge is 2.28. The Morgan fingerprint density at radius 3 is 2.53 bits per heavy atom. The lowest BCUT2D eigenvalue weighted by atomic mass is 10.2. The molecular formula is C23H28N3O3S+. The Balaban J connectivity index is 1.60. The zero-order valence-corrected chi connectivity index (χ0v) is 18.4. The molecule has 0 bridgehead atoms. The quantitative estimate of drug-likeness (QED) is 0.401. The monoisotopic (exact) mass is 426 g/mol. The zero-order chi connectivity index (χ0) is 21.7. The molecule has 2 aromatic carbocycles. The number of aromatic nitrogens is 2. The smallest absolute Gasteiger partial charge is 0.345 e. The van der Waals surface area contributed by atoms with Gasteiger partial charge < -0.3 is 10.4 Å². The highest BCUT2D eigenvalue weighted by Crippen LogP contribution is 2.33. The topological polar surface area (TPSA) is 85.5 Å². The first kappa shape index (κ1) is 21.9. The van der Waals surface area contributed by atoms with Gasteiger partial charge in [-0.05, 0) is 50.2 Å².